The Morgan fingerprint density at radius 1 is 1.25 bits per heavy atom. The zero-order valence-corrected chi connectivity index (χ0v) is 8.31. The fourth-order valence-electron chi connectivity index (χ4n) is 0.991. The van der Waals surface area contributed by atoms with Gasteiger partial charge >= 0.3 is 6.18 Å². The third kappa shape index (κ3) is 3.22. The van der Waals surface area contributed by atoms with Gasteiger partial charge in [0.2, 0.25) is 0 Å². The molecular weight excluding hydrogens is 226 g/mol. The first-order valence-corrected chi connectivity index (χ1v) is 4.39. The number of benzene rings is 1. The molecule has 0 spiro atoms. The summed E-state index contributed by atoms with van der Waals surface area (Å²) in [7, 11) is 0. The van der Waals surface area contributed by atoms with E-state index in [0.29, 0.717) is 0 Å². The highest BCUT2D eigenvalue weighted by Crippen LogP contribution is 2.24. The monoisotopic (exact) mass is 235 g/mol. The minimum atomic E-state index is -5.17. The van der Waals surface area contributed by atoms with Crippen molar-refractivity contribution in [3.05, 3.63) is 29.8 Å². The minimum Gasteiger partial charge on any atom is -0.323 e. The number of anilines is 1. The van der Waals surface area contributed by atoms with E-state index in [2.05, 4.69) is 0 Å². The summed E-state index contributed by atoms with van der Waals surface area (Å²) in [6, 6.07) is 5.99. The maximum Gasteiger partial charge on any atom is 0.428 e. The quantitative estimate of drug-likeness (QED) is 0.784. The van der Waals surface area contributed by atoms with Crippen molar-refractivity contribution in [2.45, 2.75) is 19.3 Å². The number of nitrogens with one attached hydrogen (secondary N) is 1. The summed E-state index contributed by atoms with van der Waals surface area (Å²) in [6.45, 7) is 1.78. The number of amides is 1. The van der Waals surface area contributed by atoms with Gasteiger partial charge in [-0.25, -0.2) is 4.39 Å². The number of alkyl halides is 4. The average Bonchev–Trinajstić information content (AvgIpc) is 2.19. The van der Waals surface area contributed by atoms with Gasteiger partial charge in [0.15, 0.2) is 0 Å². The lowest BCUT2D eigenvalue weighted by molar-refractivity contribution is -0.183. The maximum absolute atomic E-state index is 12.5. The van der Waals surface area contributed by atoms with Crippen LogP contribution in [-0.2, 0) is 4.79 Å². The first-order valence-electron chi connectivity index (χ1n) is 4.39. The van der Waals surface area contributed by atoms with E-state index >= 15 is 0 Å². The SMILES string of the molecule is Cc1ccc(NC(=O)[C@H](F)C(F)(F)F)cc1. The molecule has 1 aromatic rings. The maximum atomic E-state index is 12.5. The molecule has 2 nitrogen and oxygen atoms in total. The van der Waals surface area contributed by atoms with Crippen molar-refractivity contribution in [1.82, 2.24) is 0 Å². The minimum absolute atomic E-state index is 0.127. The normalized spacial score (nSPS) is 13.3. The number of carbonyl (C=O) groups excluding carboxylic acids is 1. The largest absolute Gasteiger partial charge is 0.428 e. The second kappa shape index (κ2) is 4.51. The van der Waals surface area contributed by atoms with Crippen LogP contribution >= 0.6 is 0 Å². The lowest BCUT2D eigenvalue weighted by Gasteiger charge is -2.12. The summed E-state index contributed by atoms with van der Waals surface area (Å²) in [5.74, 6) is -1.71. The number of halogens is 4. The van der Waals surface area contributed by atoms with Crippen molar-refractivity contribution < 1.29 is 22.4 Å². The zero-order chi connectivity index (χ0) is 12.3. The van der Waals surface area contributed by atoms with Crippen LogP contribution in [0, 0.1) is 6.92 Å². The molecule has 0 bridgehead atoms. The topological polar surface area (TPSA) is 29.1 Å². The second-order valence-electron chi connectivity index (χ2n) is 3.26. The van der Waals surface area contributed by atoms with Crippen molar-refractivity contribution in [2.75, 3.05) is 5.32 Å². The highest BCUT2D eigenvalue weighted by molar-refractivity contribution is 5.94. The van der Waals surface area contributed by atoms with Gasteiger partial charge in [0.1, 0.15) is 0 Å². The van der Waals surface area contributed by atoms with Crippen molar-refractivity contribution in [2.24, 2.45) is 0 Å². The molecule has 88 valence electrons. The molecule has 0 radical (unpaired) electrons. The number of aryl methyl sites for hydroxylation is 1. The molecule has 0 fully saturated rings. The molecule has 0 saturated heterocycles. The van der Waals surface area contributed by atoms with Gasteiger partial charge in [0.25, 0.3) is 12.1 Å². The van der Waals surface area contributed by atoms with E-state index in [4.69, 9.17) is 0 Å². The fourth-order valence-corrected chi connectivity index (χ4v) is 0.991. The molecule has 1 rings (SSSR count). The molecule has 1 atom stereocenters. The lowest BCUT2D eigenvalue weighted by atomic mass is 10.2. The van der Waals surface area contributed by atoms with Gasteiger partial charge in [-0.2, -0.15) is 13.2 Å². The van der Waals surface area contributed by atoms with Crippen molar-refractivity contribution >= 4 is 11.6 Å². The fraction of sp³-hybridized carbons (Fsp3) is 0.300. The van der Waals surface area contributed by atoms with Crippen LogP contribution in [0.1, 0.15) is 5.56 Å². The Kier molecular flexibility index (Phi) is 3.51. The number of rotatable bonds is 2. The first kappa shape index (κ1) is 12.5. The lowest BCUT2D eigenvalue weighted by Crippen LogP contribution is -2.36. The number of carbonyl (C=O) groups is 1. The van der Waals surface area contributed by atoms with Gasteiger partial charge in [-0.05, 0) is 19.1 Å². The molecule has 1 N–H and O–H groups in total. The van der Waals surface area contributed by atoms with Crippen LogP contribution in [0.25, 0.3) is 0 Å². The Bertz CT molecular complexity index is 371. The predicted octanol–water partition coefficient (Wildman–Crippen LogP) is 2.83. The summed E-state index contributed by atoms with van der Waals surface area (Å²) in [5.41, 5.74) is 1.01. The third-order valence-corrected chi connectivity index (χ3v) is 1.84. The Balaban J connectivity index is 2.68. The van der Waals surface area contributed by atoms with Crippen LogP contribution in [-0.4, -0.2) is 18.3 Å². The van der Waals surface area contributed by atoms with Gasteiger partial charge < -0.3 is 5.32 Å². The molecular formula is C10H9F4NO. The number of hydrogen-bond acceptors (Lipinski definition) is 1. The summed E-state index contributed by atoms with van der Waals surface area (Å²) in [4.78, 5) is 10.8. The van der Waals surface area contributed by atoms with Gasteiger partial charge in [-0.1, -0.05) is 17.7 Å². The molecule has 16 heavy (non-hydrogen) atoms. The third-order valence-electron chi connectivity index (χ3n) is 1.84. The van der Waals surface area contributed by atoms with Gasteiger partial charge in [0.05, 0.1) is 0 Å². The number of hydrogen-bond donors (Lipinski definition) is 1. The standard InChI is InChI=1S/C10H9F4NO/c1-6-2-4-7(5-3-6)15-9(16)8(11)10(12,13)14/h2-5,8H,1H3,(H,15,16)/t8-/m0/s1. The predicted molar refractivity (Wildman–Crippen MR) is 50.8 cm³/mol. The van der Waals surface area contributed by atoms with E-state index in [1.54, 1.807) is 19.1 Å². The van der Waals surface area contributed by atoms with E-state index in [1.807, 2.05) is 5.32 Å². The summed E-state index contributed by atoms with van der Waals surface area (Å²) < 4.78 is 48.0. The van der Waals surface area contributed by atoms with E-state index in [-0.39, 0.29) is 5.69 Å². The molecule has 0 aliphatic carbocycles. The van der Waals surface area contributed by atoms with E-state index in [0.717, 1.165) is 5.56 Å². The molecule has 0 aromatic heterocycles. The summed E-state index contributed by atoms with van der Waals surface area (Å²) in [6.07, 6.45) is -8.68. The molecule has 1 amide bonds. The van der Waals surface area contributed by atoms with Crippen LogP contribution < -0.4 is 5.32 Å². The first-order chi connectivity index (χ1) is 7.30. The van der Waals surface area contributed by atoms with E-state index < -0.39 is 18.3 Å². The van der Waals surface area contributed by atoms with Crippen LogP contribution in [0.4, 0.5) is 23.2 Å². The van der Waals surface area contributed by atoms with Crippen LogP contribution in [0.3, 0.4) is 0 Å². The average molecular weight is 235 g/mol. The van der Waals surface area contributed by atoms with Crippen LogP contribution in [0.2, 0.25) is 0 Å². The Morgan fingerprint density at radius 2 is 1.75 bits per heavy atom. The van der Waals surface area contributed by atoms with E-state index in [9.17, 15) is 22.4 Å². The molecule has 0 unspecified atom stereocenters. The van der Waals surface area contributed by atoms with Crippen LogP contribution in [0.15, 0.2) is 24.3 Å². The molecule has 0 aliphatic heterocycles. The second-order valence-corrected chi connectivity index (χ2v) is 3.26. The highest BCUT2D eigenvalue weighted by Gasteiger charge is 2.45. The Hall–Kier alpha value is -1.59. The Labute approximate surface area is 89.3 Å². The van der Waals surface area contributed by atoms with Gasteiger partial charge in [-0.15, -0.1) is 0 Å². The van der Waals surface area contributed by atoms with Gasteiger partial charge in [0, 0.05) is 5.69 Å². The highest BCUT2D eigenvalue weighted by atomic mass is 19.4. The molecule has 1 aromatic carbocycles. The summed E-state index contributed by atoms with van der Waals surface area (Å²) in [5, 5.41) is 1.84. The summed E-state index contributed by atoms with van der Waals surface area (Å²) >= 11 is 0. The molecule has 0 heterocycles. The Morgan fingerprint density at radius 3 is 2.19 bits per heavy atom. The van der Waals surface area contributed by atoms with Crippen molar-refractivity contribution in [1.29, 1.82) is 0 Å². The van der Waals surface area contributed by atoms with Gasteiger partial charge in [-0.3, -0.25) is 4.79 Å². The zero-order valence-electron chi connectivity index (χ0n) is 8.31. The molecule has 0 aliphatic rings. The van der Waals surface area contributed by atoms with Crippen molar-refractivity contribution in [3.63, 3.8) is 0 Å². The smallest absolute Gasteiger partial charge is 0.323 e. The molecule has 0 saturated carbocycles. The van der Waals surface area contributed by atoms with Crippen molar-refractivity contribution in [3.8, 4) is 0 Å². The van der Waals surface area contributed by atoms with Crippen LogP contribution in [0.5, 0.6) is 0 Å². The van der Waals surface area contributed by atoms with E-state index in [1.165, 1.54) is 12.1 Å². The molecule has 6 heteroatoms.